The van der Waals surface area contributed by atoms with Gasteiger partial charge in [0.25, 0.3) is 0 Å². The molecule has 0 spiro atoms. The number of hydrogen-bond acceptors (Lipinski definition) is 8. The van der Waals surface area contributed by atoms with E-state index in [1.54, 1.807) is 37.3 Å². The van der Waals surface area contributed by atoms with Crippen LogP contribution in [0.5, 0.6) is 11.5 Å². The van der Waals surface area contributed by atoms with E-state index in [9.17, 15) is 15.8 Å². The lowest BCUT2D eigenvalue weighted by Crippen LogP contribution is -2.57. The second-order valence-corrected chi connectivity index (χ2v) is 8.85. The highest BCUT2D eigenvalue weighted by atomic mass is 35.5. The van der Waals surface area contributed by atoms with Gasteiger partial charge in [0.05, 0.1) is 43.4 Å². The van der Waals surface area contributed by atoms with Crippen LogP contribution in [-0.4, -0.2) is 20.1 Å². The Morgan fingerprint density at radius 1 is 1.00 bits per heavy atom. The summed E-state index contributed by atoms with van der Waals surface area (Å²) >= 11 is 12.6. The average molecular weight is 497 g/mol. The molecule has 0 aromatic heterocycles. The number of ether oxygens (including phenoxy) is 4. The number of rotatable bonds is 4. The predicted molar refractivity (Wildman–Crippen MR) is 121 cm³/mol. The van der Waals surface area contributed by atoms with Crippen molar-refractivity contribution >= 4 is 29.1 Å². The summed E-state index contributed by atoms with van der Waals surface area (Å²) in [6, 6.07) is 15.5. The van der Waals surface area contributed by atoms with Gasteiger partial charge >= 0.3 is 0 Å². The summed E-state index contributed by atoms with van der Waals surface area (Å²) in [4.78, 5) is 0. The van der Waals surface area contributed by atoms with Gasteiger partial charge in [0.15, 0.2) is 5.41 Å². The molecule has 0 aliphatic carbocycles. The van der Waals surface area contributed by atoms with E-state index in [2.05, 4.69) is 6.07 Å². The van der Waals surface area contributed by atoms with E-state index >= 15 is 0 Å². The van der Waals surface area contributed by atoms with E-state index in [0.717, 1.165) is 0 Å². The Balaban J connectivity index is 2.07. The Kier molecular flexibility index (Phi) is 5.62. The SMILES string of the molecule is COc1ccc(C2OC3(c4ccc(Cl)cc4Cl)OC(=N)C(C#N)(C3C)C2(C#N)C#N)c(OC)c1. The quantitative estimate of drug-likeness (QED) is 0.620. The van der Waals surface area contributed by atoms with Crippen molar-refractivity contribution in [2.45, 2.75) is 18.8 Å². The number of methoxy groups -OCH3 is 2. The lowest BCUT2D eigenvalue weighted by atomic mass is 9.53. The Hall–Kier alpha value is -3.48. The molecule has 0 radical (unpaired) electrons. The first kappa shape index (κ1) is 23.7. The van der Waals surface area contributed by atoms with Crippen LogP contribution in [-0.2, 0) is 15.3 Å². The smallest absolute Gasteiger partial charge is 0.245 e. The van der Waals surface area contributed by atoms with Gasteiger partial charge < -0.3 is 18.9 Å². The van der Waals surface area contributed by atoms with Crippen LogP contribution in [0.3, 0.4) is 0 Å². The summed E-state index contributed by atoms with van der Waals surface area (Å²) in [7, 11) is 2.91. The molecule has 2 aromatic carbocycles. The third kappa shape index (κ3) is 2.76. The van der Waals surface area contributed by atoms with Crippen molar-refractivity contribution in [3.8, 4) is 29.7 Å². The van der Waals surface area contributed by atoms with Gasteiger partial charge in [-0.25, -0.2) is 0 Å². The first-order chi connectivity index (χ1) is 16.2. The molecular weight excluding hydrogens is 479 g/mol. The van der Waals surface area contributed by atoms with E-state index in [4.69, 9.17) is 47.6 Å². The van der Waals surface area contributed by atoms with Crippen molar-refractivity contribution in [3.05, 3.63) is 57.6 Å². The van der Waals surface area contributed by atoms with Crippen molar-refractivity contribution in [2.75, 3.05) is 14.2 Å². The molecule has 4 atom stereocenters. The summed E-state index contributed by atoms with van der Waals surface area (Å²) in [6.45, 7) is 1.60. The van der Waals surface area contributed by atoms with Crippen LogP contribution in [0.2, 0.25) is 10.0 Å². The molecule has 34 heavy (non-hydrogen) atoms. The first-order valence-electron chi connectivity index (χ1n) is 10.1. The minimum Gasteiger partial charge on any atom is -0.497 e. The van der Waals surface area contributed by atoms with Gasteiger partial charge in [0.1, 0.15) is 17.6 Å². The summed E-state index contributed by atoms with van der Waals surface area (Å²) < 4.78 is 23.2. The van der Waals surface area contributed by atoms with E-state index in [0.29, 0.717) is 21.9 Å². The molecular formula is C24H18Cl2N4O4. The van der Waals surface area contributed by atoms with Crippen LogP contribution in [0.1, 0.15) is 24.2 Å². The summed E-state index contributed by atoms with van der Waals surface area (Å²) in [5.41, 5.74) is -3.51. The van der Waals surface area contributed by atoms with Crippen molar-refractivity contribution < 1.29 is 18.9 Å². The molecule has 4 rings (SSSR count). The number of benzene rings is 2. The molecule has 4 unspecified atom stereocenters. The standard InChI is InChI=1S/C24H18Cl2N4O4/c1-13-23(12-29)21(30)34-24(13,17-7-4-14(25)8-18(17)26)33-20(22(23,10-27)11-28)16-6-5-15(31-2)9-19(16)32-3/h4-9,13,20,30H,1-3H3. The van der Waals surface area contributed by atoms with E-state index < -0.39 is 34.5 Å². The van der Waals surface area contributed by atoms with Crippen molar-refractivity contribution in [2.24, 2.45) is 16.7 Å². The van der Waals surface area contributed by atoms with E-state index in [1.165, 1.54) is 20.3 Å². The van der Waals surface area contributed by atoms with Crippen LogP contribution in [0.15, 0.2) is 36.4 Å². The minimum atomic E-state index is -2.15. The molecule has 2 aliphatic heterocycles. The van der Waals surface area contributed by atoms with Gasteiger partial charge in [-0.3, -0.25) is 5.41 Å². The highest BCUT2D eigenvalue weighted by Gasteiger charge is 2.80. The van der Waals surface area contributed by atoms with Crippen molar-refractivity contribution in [1.82, 2.24) is 0 Å². The Morgan fingerprint density at radius 2 is 1.71 bits per heavy atom. The second-order valence-electron chi connectivity index (χ2n) is 8.00. The van der Waals surface area contributed by atoms with E-state index in [-0.39, 0.29) is 10.8 Å². The number of nitrogens with one attached hydrogen (secondary N) is 1. The molecule has 172 valence electrons. The number of halogens is 2. The maximum absolute atomic E-state index is 10.4. The molecule has 2 aromatic rings. The van der Waals surface area contributed by atoms with Gasteiger partial charge in [-0.15, -0.1) is 0 Å². The largest absolute Gasteiger partial charge is 0.497 e. The van der Waals surface area contributed by atoms with Crippen LogP contribution >= 0.6 is 23.2 Å². The maximum Gasteiger partial charge on any atom is 0.245 e. The average Bonchev–Trinajstić information content (AvgIpc) is 2.99. The molecule has 2 heterocycles. The molecule has 2 saturated heterocycles. The highest BCUT2D eigenvalue weighted by molar-refractivity contribution is 6.35. The van der Waals surface area contributed by atoms with Gasteiger partial charge in [0.2, 0.25) is 17.1 Å². The summed E-state index contributed by atoms with van der Waals surface area (Å²) in [6.07, 6.45) is -1.35. The molecule has 8 nitrogen and oxygen atoms in total. The van der Waals surface area contributed by atoms with Crippen LogP contribution < -0.4 is 9.47 Å². The van der Waals surface area contributed by atoms with Crippen molar-refractivity contribution in [3.63, 3.8) is 0 Å². The fraction of sp³-hybridized carbons (Fsp3) is 0.333. The zero-order valence-corrected chi connectivity index (χ0v) is 19.9. The molecule has 2 aliphatic rings. The van der Waals surface area contributed by atoms with Crippen LogP contribution in [0.4, 0.5) is 0 Å². The zero-order valence-electron chi connectivity index (χ0n) is 18.3. The lowest BCUT2D eigenvalue weighted by molar-refractivity contribution is -0.288. The second kappa shape index (κ2) is 8.08. The Morgan fingerprint density at radius 3 is 2.26 bits per heavy atom. The van der Waals surface area contributed by atoms with E-state index in [1.807, 2.05) is 12.1 Å². The monoisotopic (exact) mass is 496 g/mol. The molecule has 0 saturated carbocycles. The topological polar surface area (TPSA) is 132 Å². The minimum absolute atomic E-state index is 0.183. The Bertz CT molecular complexity index is 1310. The first-order valence-corrected chi connectivity index (χ1v) is 10.8. The molecule has 0 amide bonds. The maximum atomic E-state index is 10.4. The molecule has 10 heteroatoms. The third-order valence-corrected chi connectivity index (χ3v) is 7.25. The van der Waals surface area contributed by atoms with Gasteiger partial charge in [-0.2, -0.15) is 15.8 Å². The lowest BCUT2D eigenvalue weighted by Gasteiger charge is -2.49. The van der Waals surface area contributed by atoms with Crippen LogP contribution in [0, 0.1) is 56.2 Å². The summed E-state index contributed by atoms with van der Waals surface area (Å²) in [5.74, 6) is -2.52. The molecule has 1 N–H and O–H groups in total. The number of fused-ring (bicyclic) bond motifs is 2. The third-order valence-electron chi connectivity index (χ3n) is 6.70. The van der Waals surface area contributed by atoms with Gasteiger partial charge in [0, 0.05) is 22.2 Å². The van der Waals surface area contributed by atoms with Crippen molar-refractivity contribution in [1.29, 1.82) is 21.2 Å². The fourth-order valence-corrected chi connectivity index (χ4v) is 5.47. The fourth-order valence-electron chi connectivity index (χ4n) is 4.93. The number of nitriles is 3. The molecule has 2 bridgehead atoms. The normalized spacial score (nSPS) is 28.7. The number of hydrogen-bond donors (Lipinski definition) is 1. The zero-order chi connectivity index (χ0) is 24.9. The van der Waals surface area contributed by atoms with Gasteiger partial charge in [-0.1, -0.05) is 30.1 Å². The Labute approximate surface area is 206 Å². The molecule has 2 fully saturated rings. The highest BCUT2D eigenvalue weighted by Crippen LogP contribution is 2.70. The van der Waals surface area contributed by atoms with Crippen LogP contribution in [0.25, 0.3) is 0 Å². The van der Waals surface area contributed by atoms with Gasteiger partial charge in [-0.05, 0) is 30.3 Å². The predicted octanol–water partition coefficient (Wildman–Crippen LogP) is 5.12. The summed E-state index contributed by atoms with van der Waals surface area (Å²) in [5, 5.41) is 40.4. The number of nitrogens with zero attached hydrogens (tertiary/aromatic N) is 3.